The number of para-hydroxylation sites is 1. The Morgan fingerprint density at radius 1 is 1.24 bits per heavy atom. The molecule has 0 atom stereocenters. The van der Waals surface area contributed by atoms with Crippen LogP contribution in [0.4, 0.5) is 0 Å². The van der Waals surface area contributed by atoms with E-state index in [1.807, 2.05) is 0 Å². The van der Waals surface area contributed by atoms with Gasteiger partial charge < -0.3 is 15.0 Å². The molecular formula is C14H21N2O+. The summed E-state index contributed by atoms with van der Waals surface area (Å²) < 4.78 is 0. The van der Waals surface area contributed by atoms with Gasteiger partial charge in [-0.3, -0.25) is 0 Å². The van der Waals surface area contributed by atoms with Crippen LogP contribution in [0.15, 0.2) is 24.4 Å². The predicted molar refractivity (Wildman–Crippen MR) is 70.2 cm³/mol. The van der Waals surface area contributed by atoms with Gasteiger partial charge >= 0.3 is 0 Å². The van der Waals surface area contributed by atoms with E-state index in [0.717, 1.165) is 19.4 Å². The molecule has 3 N–H and O–H groups in total. The minimum Gasteiger partial charge on any atom is -0.396 e. The van der Waals surface area contributed by atoms with E-state index >= 15 is 0 Å². The molecule has 1 aromatic carbocycles. The van der Waals surface area contributed by atoms with Gasteiger partial charge in [0.1, 0.15) is 6.54 Å². The van der Waals surface area contributed by atoms with E-state index in [-0.39, 0.29) is 6.61 Å². The molecule has 92 valence electrons. The third-order valence-electron chi connectivity index (χ3n) is 3.04. The number of aliphatic hydroxyl groups excluding tert-OH is 1. The highest BCUT2D eigenvalue weighted by atomic mass is 16.2. The molecule has 0 spiro atoms. The smallest absolute Gasteiger partial charge is 0.104 e. The van der Waals surface area contributed by atoms with E-state index in [0.29, 0.717) is 0 Å². The second kappa shape index (κ2) is 5.34. The van der Waals surface area contributed by atoms with Crippen molar-refractivity contribution < 1.29 is 10.0 Å². The number of H-pyrrole nitrogens is 1. The molecule has 2 rings (SSSR count). The standard InChI is InChI=1S/C14H20N2O/c1-16(2)10-12-9-15-14-11(6-4-8-17)5-3-7-13(12)14/h3,5,7,9,15,17H,4,6,8,10H2,1-2H3/p+1. The van der Waals surface area contributed by atoms with E-state index in [1.54, 1.807) is 0 Å². The van der Waals surface area contributed by atoms with Crippen molar-refractivity contribution in [2.24, 2.45) is 0 Å². The Labute approximate surface area is 102 Å². The number of aromatic nitrogens is 1. The largest absolute Gasteiger partial charge is 0.396 e. The van der Waals surface area contributed by atoms with Crippen LogP contribution in [0.1, 0.15) is 17.5 Å². The van der Waals surface area contributed by atoms with Crippen molar-refractivity contribution in [3.63, 3.8) is 0 Å². The number of rotatable bonds is 5. The van der Waals surface area contributed by atoms with Gasteiger partial charge in [-0.05, 0) is 18.4 Å². The fraction of sp³-hybridized carbons (Fsp3) is 0.429. The Kier molecular flexibility index (Phi) is 3.82. The van der Waals surface area contributed by atoms with Gasteiger partial charge in [-0.15, -0.1) is 0 Å². The van der Waals surface area contributed by atoms with Gasteiger partial charge in [0.05, 0.1) is 14.1 Å². The van der Waals surface area contributed by atoms with Crippen molar-refractivity contribution in [1.82, 2.24) is 4.98 Å². The maximum Gasteiger partial charge on any atom is 0.104 e. The van der Waals surface area contributed by atoms with Crippen molar-refractivity contribution in [2.75, 3.05) is 20.7 Å². The first-order chi connectivity index (χ1) is 8.22. The van der Waals surface area contributed by atoms with Gasteiger partial charge in [0, 0.05) is 29.3 Å². The predicted octanol–water partition coefficient (Wildman–Crippen LogP) is 0.737. The van der Waals surface area contributed by atoms with Gasteiger partial charge in [0.25, 0.3) is 0 Å². The van der Waals surface area contributed by atoms with Gasteiger partial charge in [-0.2, -0.15) is 0 Å². The molecule has 0 aliphatic carbocycles. The Balaban J connectivity index is 2.35. The van der Waals surface area contributed by atoms with E-state index in [4.69, 9.17) is 5.11 Å². The molecule has 0 fully saturated rings. The number of nitrogens with one attached hydrogen (secondary N) is 2. The first-order valence-corrected chi connectivity index (χ1v) is 6.20. The van der Waals surface area contributed by atoms with E-state index in [9.17, 15) is 0 Å². The van der Waals surface area contributed by atoms with Crippen LogP contribution in [0.25, 0.3) is 10.9 Å². The monoisotopic (exact) mass is 233 g/mol. The third kappa shape index (κ3) is 2.68. The molecular weight excluding hydrogens is 212 g/mol. The summed E-state index contributed by atoms with van der Waals surface area (Å²) in [7, 11) is 4.32. The lowest BCUT2D eigenvalue weighted by molar-refractivity contribution is -0.872. The first kappa shape index (κ1) is 12.1. The normalized spacial score (nSPS) is 11.5. The topological polar surface area (TPSA) is 40.5 Å². The highest BCUT2D eigenvalue weighted by Gasteiger charge is 2.09. The molecule has 1 aromatic heterocycles. The molecule has 2 aromatic rings. The number of hydrogen-bond acceptors (Lipinski definition) is 1. The zero-order valence-corrected chi connectivity index (χ0v) is 10.6. The van der Waals surface area contributed by atoms with Crippen LogP contribution in [-0.2, 0) is 13.0 Å². The average Bonchev–Trinajstić information content (AvgIpc) is 2.70. The van der Waals surface area contributed by atoms with Gasteiger partial charge in [0.2, 0.25) is 0 Å². The Bertz CT molecular complexity index is 488. The zero-order chi connectivity index (χ0) is 12.3. The summed E-state index contributed by atoms with van der Waals surface area (Å²) >= 11 is 0. The minimum atomic E-state index is 0.256. The lowest BCUT2D eigenvalue weighted by Gasteiger charge is -2.06. The lowest BCUT2D eigenvalue weighted by Crippen LogP contribution is -3.04. The molecule has 17 heavy (non-hydrogen) atoms. The second-order valence-corrected chi connectivity index (χ2v) is 4.86. The minimum absolute atomic E-state index is 0.256. The first-order valence-electron chi connectivity index (χ1n) is 6.20. The van der Waals surface area contributed by atoms with Crippen molar-refractivity contribution in [2.45, 2.75) is 19.4 Å². The maximum atomic E-state index is 8.91. The summed E-state index contributed by atoms with van der Waals surface area (Å²) in [4.78, 5) is 4.80. The number of benzene rings is 1. The SMILES string of the molecule is C[NH+](C)Cc1c[nH]c2c(CCCO)cccc12. The van der Waals surface area contributed by atoms with E-state index in [1.165, 1.54) is 26.9 Å². The Morgan fingerprint density at radius 3 is 2.76 bits per heavy atom. The number of fused-ring (bicyclic) bond motifs is 1. The van der Waals surface area contributed by atoms with Gasteiger partial charge in [-0.1, -0.05) is 18.2 Å². The summed E-state index contributed by atoms with van der Waals surface area (Å²) in [5.41, 5.74) is 3.90. The van der Waals surface area contributed by atoms with E-state index in [2.05, 4.69) is 43.5 Å². The lowest BCUT2D eigenvalue weighted by atomic mass is 10.0. The molecule has 0 saturated carbocycles. The molecule has 3 nitrogen and oxygen atoms in total. The van der Waals surface area contributed by atoms with Gasteiger partial charge in [-0.25, -0.2) is 0 Å². The van der Waals surface area contributed by atoms with Crippen LogP contribution in [0.3, 0.4) is 0 Å². The maximum absolute atomic E-state index is 8.91. The fourth-order valence-electron chi connectivity index (χ4n) is 2.28. The summed E-state index contributed by atoms with van der Waals surface area (Å²) in [6, 6.07) is 6.42. The van der Waals surface area contributed by atoms with Crippen molar-refractivity contribution in [1.29, 1.82) is 0 Å². The second-order valence-electron chi connectivity index (χ2n) is 4.86. The highest BCUT2D eigenvalue weighted by Crippen LogP contribution is 2.22. The van der Waals surface area contributed by atoms with Crippen LogP contribution >= 0.6 is 0 Å². The van der Waals surface area contributed by atoms with Gasteiger partial charge in [0.15, 0.2) is 0 Å². The average molecular weight is 233 g/mol. The Hall–Kier alpha value is -1.32. The number of aryl methyl sites for hydroxylation is 1. The Morgan fingerprint density at radius 2 is 2.06 bits per heavy atom. The molecule has 1 heterocycles. The van der Waals surface area contributed by atoms with Crippen LogP contribution in [0, 0.1) is 0 Å². The van der Waals surface area contributed by atoms with Crippen LogP contribution in [-0.4, -0.2) is 30.8 Å². The number of quaternary nitrogens is 1. The molecule has 0 aliphatic heterocycles. The number of hydrogen-bond donors (Lipinski definition) is 3. The number of aliphatic hydroxyl groups is 1. The molecule has 0 amide bonds. The van der Waals surface area contributed by atoms with Crippen LogP contribution < -0.4 is 4.90 Å². The summed E-state index contributed by atoms with van der Waals surface area (Å²) in [5, 5.41) is 10.2. The van der Waals surface area contributed by atoms with Crippen LogP contribution in [0.2, 0.25) is 0 Å². The van der Waals surface area contributed by atoms with Crippen molar-refractivity contribution in [3.05, 3.63) is 35.5 Å². The van der Waals surface area contributed by atoms with Crippen molar-refractivity contribution in [3.8, 4) is 0 Å². The summed E-state index contributed by atoms with van der Waals surface area (Å²) in [6.45, 7) is 1.29. The fourth-order valence-corrected chi connectivity index (χ4v) is 2.28. The molecule has 3 heteroatoms. The van der Waals surface area contributed by atoms with Crippen molar-refractivity contribution >= 4 is 10.9 Å². The number of aromatic amines is 1. The quantitative estimate of drug-likeness (QED) is 0.700. The molecule has 0 radical (unpaired) electrons. The third-order valence-corrected chi connectivity index (χ3v) is 3.04. The highest BCUT2D eigenvalue weighted by molar-refractivity contribution is 5.85. The zero-order valence-electron chi connectivity index (χ0n) is 10.6. The molecule has 0 saturated heterocycles. The molecule has 0 aliphatic rings. The summed E-state index contributed by atoms with van der Waals surface area (Å²) in [5.74, 6) is 0. The molecule has 0 unspecified atom stereocenters. The van der Waals surface area contributed by atoms with E-state index < -0.39 is 0 Å². The summed E-state index contributed by atoms with van der Waals surface area (Å²) in [6.07, 6.45) is 3.87. The van der Waals surface area contributed by atoms with Crippen LogP contribution in [0.5, 0.6) is 0 Å². The molecule has 0 bridgehead atoms.